The topological polar surface area (TPSA) is 39.5 Å². The molecular weight excluding hydrogens is 350 g/mol. The molecule has 0 saturated carbocycles. The zero-order chi connectivity index (χ0) is 19.5. The van der Waals surface area contributed by atoms with Crippen molar-refractivity contribution in [3.8, 4) is 11.5 Å². The number of likely N-dealkylation sites (tertiary alicyclic amines) is 1. The molecule has 5 heteroatoms. The molecule has 0 radical (unpaired) electrons. The fourth-order valence-electron chi connectivity index (χ4n) is 4.08. The van der Waals surface area contributed by atoms with Gasteiger partial charge in [-0.25, -0.2) is 4.98 Å². The molecule has 0 N–H and O–H groups in total. The van der Waals surface area contributed by atoms with Gasteiger partial charge in [-0.2, -0.15) is 0 Å². The molecule has 5 nitrogen and oxygen atoms in total. The Kier molecular flexibility index (Phi) is 5.35. The van der Waals surface area contributed by atoms with Gasteiger partial charge in [-0.05, 0) is 49.2 Å². The first-order valence-electron chi connectivity index (χ1n) is 9.77. The fourth-order valence-corrected chi connectivity index (χ4v) is 4.08. The van der Waals surface area contributed by atoms with E-state index in [4.69, 9.17) is 14.5 Å². The molecule has 0 amide bonds. The molecule has 1 aromatic heterocycles. The molecule has 3 aromatic rings. The SMILES string of the molecule is C=CCOc1ccc(CN2CCC[C@H]2c2nc3ccccc3n2C)cc1OC. The van der Waals surface area contributed by atoms with Crippen LogP contribution >= 0.6 is 0 Å². The van der Waals surface area contributed by atoms with E-state index in [-0.39, 0.29) is 0 Å². The van der Waals surface area contributed by atoms with Gasteiger partial charge in [0.25, 0.3) is 0 Å². The Morgan fingerprint density at radius 1 is 1.21 bits per heavy atom. The molecule has 1 saturated heterocycles. The van der Waals surface area contributed by atoms with Crippen LogP contribution in [-0.4, -0.2) is 34.7 Å². The van der Waals surface area contributed by atoms with Crippen molar-refractivity contribution in [2.45, 2.75) is 25.4 Å². The lowest BCUT2D eigenvalue weighted by Gasteiger charge is -2.24. The Balaban J connectivity index is 1.57. The molecule has 1 atom stereocenters. The lowest BCUT2D eigenvalue weighted by atomic mass is 10.1. The average molecular weight is 377 g/mol. The molecule has 1 fully saturated rings. The highest BCUT2D eigenvalue weighted by atomic mass is 16.5. The molecule has 2 aromatic carbocycles. The molecule has 1 aliphatic heterocycles. The van der Waals surface area contributed by atoms with Crippen LogP contribution in [-0.2, 0) is 13.6 Å². The molecule has 146 valence electrons. The Morgan fingerprint density at radius 2 is 2.07 bits per heavy atom. The monoisotopic (exact) mass is 377 g/mol. The second-order valence-electron chi connectivity index (χ2n) is 7.23. The Bertz CT molecular complexity index is 979. The number of fused-ring (bicyclic) bond motifs is 1. The summed E-state index contributed by atoms with van der Waals surface area (Å²) in [7, 11) is 3.80. The van der Waals surface area contributed by atoms with Crippen LogP contribution in [0.15, 0.2) is 55.1 Å². The highest BCUT2D eigenvalue weighted by Crippen LogP contribution is 2.35. The fraction of sp³-hybridized carbons (Fsp3) is 0.348. The normalized spacial score (nSPS) is 17.1. The third kappa shape index (κ3) is 3.50. The van der Waals surface area contributed by atoms with Crippen LogP contribution < -0.4 is 9.47 Å². The van der Waals surface area contributed by atoms with Crippen molar-refractivity contribution < 1.29 is 9.47 Å². The van der Waals surface area contributed by atoms with Crippen LogP contribution in [0.3, 0.4) is 0 Å². The van der Waals surface area contributed by atoms with Crippen LogP contribution in [0.1, 0.15) is 30.3 Å². The van der Waals surface area contributed by atoms with E-state index < -0.39 is 0 Å². The quantitative estimate of drug-likeness (QED) is 0.569. The summed E-state index contributed by atoms with van der Waals surface area (Å²) in [5.41, 5.74) is 3.47. The number of aryl methyl sites for hydroxylation is 1. The first-order valence-corrected chi connectivity index (χ1v) is 9.77. The van der Waals surface area contributed by atoms with Gasteiger partial charge in [0.15, 0.2) is 11.5 Å². The molecule has 0 bridgehead atoms. The minimum absolute atomic E-state index is 0.333. The van der Waals surface area contributed by atoms with Gasteiger partial charge in [-0.1, -0.05) is 30.9 Å². The molecule has 4 rings (SSSR count). The Hall–Kier alpha value is -2.79. The summed E-state index contributed by atoms with van der Waals surface area (Å²) in [5, 5.41) is 0. The number of nitrogens with zero attached hydrogens (tertiary/aromatic N) is 3. The van der Waals surface area contributed by atoms with Gasteiger partial charge in [0.05, 0.1) is 24.2 Å². The first kappa shape index (κ1) is 18.6. The minimum atomic E-state index is 0.333. The van der Waals surface area contributed by atoms with E-state index >= 15 is 0 Å². The van der Waals surface area contributed by atoms with Gasteiger partial charge in [-0.3, -0.25) is 4.90 Å². The van der Waals surface area contributed by atoms with E-state index in [9.17, 15) is 0 Å². The number of methoxy groups -OCH3 is 1. The van der Waals surface area contributed by atoms with Crippen LogP contribution in [0.4, 0.5) is 0 Å². The number of rotatable bonds is 7. The van der Waals surface area contributed by atoms with E-state index in [1.807, 2.05) is 12.1 Å². The van der Waals surface area contributed by atoms with Gasteiger partial charge < -0.3 is 14.0 Å². The maximum atomic E-state index is 5.67. The van der Waals surface area contributed by atoms with E-state index in [2.05, 4.69) is 53.4 Å². The lowest BCUT2D eigenvalue weighted by molar-refractivity contribution is 0.236. The van der Waals surface area contributed by atoms with Gasteiger partial charge in [0, 0.05) is 13.6 Å². The number of para-hydroxylation sites is 2. The maximum absolute atomic E-state index is 5.67. The number of hydrogen-bond donors (Lipinski definition) is 0. The standard InChI is InChI=1S/C23H27N3O2/c1-4-14-28-21-12-11-17(15-22(21)27-3)16-26-13-7-10-20(26)23-24-18-8-5-6-9-19(18)25(23)2/h4-6,8-9,11-12,15,20H,1,7,10,13-14,16H2,2-3H3/t20-/m0/s1. The third-order valence-electron chi connectivity index (χ3n) is 5.45. The second kappa shape index (κ2) is 8.07. The van der Waals surface area contributed by atoms with E-state index in [0.29, 0.717) is 12.6 Å². The molecule has 0 aliphatic carbocycles. The summed E-state index contributed by atoms with van der Waals surface area (Å²) in [5.74, 6) is 2.66. The van der Waals surface area contributed by atoms with Crippen molar-refractivity contribution in [2.24, 2.45) is 7.05 Å². The predicted octanol–water partition coefficient (Wildman–Crippen LogP) is 4.48. The van der Waals surface area contributed by atoms with Gasteiger partial charge in [-0.15, -0.1) is 0 Å². The van der Waals surface area contributed by atoms with Crippen LogP contribution in [0.2, 0.25) is 0 Å². The van der Waals surface area contributed by atoms with Crippen molar-refractivity contribution in [1.29, 1.82) is 0 Å². The zero-order valence-corrected chi connectivity index (χ0v) is 16.6. The summed E-state index contributed by atoms with van der Waals surface area (Å²) in [6, 6.07) is 14.9. The highest BCUT2D eigenvalue weighted by molar-refractivity contribution is 5.75. The Morgan fingerprint density at radius 3 is 2.86 bits per heavy atom. The van der Waals surface area contributed by atoms with Gasteiger partial charge in [0.2, 0.25) is 0 Å². The van der Waals surface area contributed by atoms with Crippen molar-refractivity contribution in [3.05, 3.63) is 66.5 Å². The Labute approximate surface area is 166 Å². The molecule has 0 spiro atoms. The predicted molar refractivity (Wildman–Crippen MR) is 112 cm³/mol. The summed E-state index contributed by atoms with van der Waals surface area (Å²) >= 11 is 0. The van der Waals surface area contributed by atoms with Crippen LogP contribution in [0.25, 0.3) is 11.0 Å². The molecule has 28 heavy (non-hydrogen) atoms. The van der Waals surface area contributed by atoms with Crippen molar-refractivity contribution in [3.63, 3.8) is 0 Å². The lowest BCUT2D eigenvalue weighted by Crippen LogP contribution is -2.24. The minimum Gasteiger partial charge on any atom is -0.493 e. The average Bonchev–Trinajstić information content (AvgIpc) is 3.31. The number of aromatic nitrogens is 2. The van der Waals surface area contributed by atoms with Gasteiger partial charge in [0.1, 0.15) is 12.4 Å². The van der Waals surface area contributed by atoms with Crippen molar-refractivity contribution >= 4 is 11.0 Å². The molecule has 1 aliphatic rings. The summed E-state index contributed by atoms with van der Waals surface area (Å²) in [6.07, 6.45) is 4.05. The van der Waals surface area contributed by atoms with Crippen molar-refractivity contribution in [1.82, 2.24) is 14.5 Å². The number of ether oxygens (including phenoxy) is 2. The summed E-state index contributed by atoms with van der Waals surface area (Å²) < 4.78 is 13.4. The van der Waals surface area contributed by atoms with E-state index in [1.165, 1.54) is 17.5 Å². The first-order chi connectivity index (χ1) is 13.7. The van der Waals surface area contributed by atoms with Crippen molar-refractivity contribution in [2.75, 3.05) is 20.3 Å². The number of hydrogen-bond acceptors (Lipinski definition) is 4. The summed E-state index contributed by atoms with van der Waals surface area (Å²) in [4.78, 5) is 7.45. The number of imidazole rings is 1. The van der Waals surface area contributed by atoms with E-state index in [0.717, 1.165) is 42.4 Å². The van der Waals surface area contributed by atoms with Crippen LogP contribution in [0.5, 0.6) is 11.5 Å². The molecule has 0 unspecified atom stereocenters. The van der Waals surface area contributed by atoms with Crippen LogP contribution in [0, 0.1) is 0 Å². The smallest absolute Gasteiger partial charge is 0.161 e. The maximum Gasteiger partial charge on any atom is 0.161 e. The molecular formula is C23H27N3O2. The third-order valence-corrected chi connectivity index (χ3v) is 5.45. The second-order valence-corrected chi connectivity index (χ2v) is 7.23. The number of benzene rings is 2. The van der Waals surface area contributed by atoms with E-state index in [1.54, 1.807) is 13.2 Å². The van der Waals surface area contributed by atoms with Gasteiger partial charge >= 0.3 is 0 Å². The highest BCUT2D eigenvalue weighted by Gasteiger charge is 2.30. The molecule has 2 heterocycles. The summed E-state index contributed by atoms with van der Waals surface area (Å²) in [6.45, 7) is 6.11. The largest absolute Gasteiger partial charge is 0.493 e. The zero-order valence-electron chi connectivity index (χ0n) is 16.6.